The van der Waals surface area contributed by atoms with E-state index in [1.54, 1.807) is 0 Å². The molecule has 0 saturated heterocycles. The van der Waals surface area contributed by atoms with Crippen molar-refractivity contribution < 1.29 is 0 Å². The van der Waals surface area contributed by atoms with Crippen LogP contribution in [0, 0.1) is 0 Å². The van der Waals surface area contributed by atoms with Crippen LogP contribution in [0.15, 0.2) is 36.7 Å². The van der Waals surface area contributed by atoms with Gasteiger partial charge in [-0.15, -0.1) is 0 Å². The molecule has 0 radical (unpaired) electrons. The van der Waals surface area contributed by atoms with Crippen LogP contribution >= 0.6 is 0 Å². The number of aryl methyl sites for hydroxylation is 1. The highest BCUT2D eigenvalue weighted by Gasteiger charge is 2.21. The number of hydrogen-bond acceptors (Lipinski definition) is 3. The molecule has 1 atom stereocenters. The third-order valence-corrected chi connectivity index (χ3v) is 4.15. The van der Waals surface area contributed by atoms with Gasteiger partial charge in [0.1, 0.15) is 5.82 Å². The van der Waals surface area contributed by atoms with Gasteiger partial charge in [0.25, 0.3) is 0 Å². The minimum atomic E-state index is 0.465. The summed E-state index contributed by atoms with van der Waals surface area (Å²) in [5.41, 5.74) is 4.11. The lowest BCUT2D eigenvalue weighted by molar-refractivity contribution is 0.550. The van der Waals surface area contributed by atoms with E-state index in [1.165, 1.54) is 11.1 Å². The minimum absolute atomic E-state index is 0.465. The van der Waals surface area contributed by atoms with E-state index in [1.807, 2.05) is 12.4 Å². The van der Waals surface area contributed by atoms with Crippen molar-refractivity contribution in [2.75, 3.05) is 0 Å². The second-order valence-corrected chi connectivity index (χ2v) is 6.19. The fraction of sp³-hybridized carbons (Fsp3) is 0.444. The lowest BCUT2D eigenvalue weighted by atomic mass is 9.83. The van der Waals surface area contributed by atoms with Gasteiger partial charge in [-0.2, -0.15) is 0 Å². The molecule has 1 unspecified atom stereocenters. The van der Waals surface area contributed by atoms with Crippen molar-refractivity contribution in [2.24, 2.45) is 0 Å². The van der Waals surface area contributed by atoms with Crippen LogP contribution in [-0.4, -0.2) is 16.0 Å². The van der Waals surface area contributed by atoms with Crippen molar-refractivity contribution in [3.05, 3.63) is 59.2 Å². The zero-order chi connectivity index (χ0) is 14.7. The molecule has 1 aromatic heterocycles. The molecule has 0 spiro atoms. The number of aromatic nitrogens is 2. The van der Waals surface area contributed by atoms with Gasteiger partial charge in [0.15, 0.2) is 0 Å². The Balaban J connectivity index is 1.68. The van der Waals surface area contributed by atoms with Crippen LogP contribution < -0.4 is 5.32 Å². The summed E-state index contributed by atoms with van der Waals surface area (Å²) >= 11 is 0. The van der Waals surface area contributed by atoms with E-state index in [2.05, 4.69) is 53.4 Å². The van der Waals surface area contributed by atoms with Gasteiger partial charge in [0.2, 0.25) is 0 Å². The molecule has 0 bridgehead atoms. The van der Waals surface area contributed by atoms with Crippen LogP contribution in [0.25, 0.3) is 0 Å². The van der Waals surface area contributed by atoms with E-state index in [-0.39, 0.29) is 0 Å². The molecule has 1 heterocycles. The van der Waals surface area contributed by atoms with Crippen LogP contribution in [0.4, 0.5) is 0 Å². The van der Waals surface area contributed by atoms with Crippen molar-refractivity contribution in [1.29, 1.82) is 0 Å². The number of benzene rings is 1. The zero-order valence-corrected chi connectivity index (χ0v) is 12.8. The molecular weight excluding hydrogens is 258 g/mol. The van der Waals surface area contributed by atoms with E-state index in [0.717, 1.165) is 37.2 Å². The first kappa shape index (κ1) is 14.2. The van der Waals surface area contributed by atoms with Crippen molar-refractivity contribution >= 4 is 0 Å². The molecule has 3 nitrogen and oxygen atoms in total. The third kappa shape index (κ3) is 3.48. The normalized spacial score (nSPS) is 17.8. The van der Waals surface area contributed by atoms with Crippen molar-refractivity contribution in [1.82, 2.24) is 15.3 Å². The number of nitrogens with one attached hydrogen (secondary N) is 1. The molecule has 1 aliphatic rings. The molecule has 3 rings (SSSR count). The zero-order valence-electron chi connectivity index (χ0n) is 12.8. The van der Waals surface area contributed by atoms with Crippen molar-refractivity contribution in [3.8, 4) is 0 Å². The Morgan fingerprint density at radius 3 is 2.57 bits per heavy atom. The number of rotatable bonds is 4. The van der Waals surface area contributed by atoms with Gasteiger partial charge < -0.3 is 5.32 Å². The third-order valence-electron chi connectivity index (χ3n) is 4.15. The SMILES string of the molecule is CC(C)NCc1cnc(C2CCc3ccccc3C2)nc1. The molecule has 110 valence electrons. The lowest BCUT2D eigenvalue weighted by Crippen LogP contribution is -2.22. The van der Waals surface area contributed by atoms with Crippen LogP contribution in [0.1, 0.15) is 48.7 Å². The summed E-state index contributed by atoms with van der Waals surface area (Å²) in [5.74, 6) is 1.46. The van der Waals surface area contributed by atoms with E-state index in [0.29, 0.717) is 12.0 Å². The predicted octanol–water partition coefficient (Wildman–Crippen LogP) is 3.25. The van der Waals surface area contributed by atoms with Gasteiger partial charge in [-0.05, 0) is 30.4 Å². The van der Waals surface area contributed by atoms with E-state index in [4.69, 9.17) is 0 Å². The summed E-state index contributed by atoms with van der Waals surface area (Å²) in [4.78, 5) is 9.20. The minimum Gasteiger partial charge on any atom is -0.310 e. The molecule has 0 amide bonds. The standard InChI is InChI=1S/C18H23N3/c1-13(2)19-10-14-11-20-18(21-12-14)17-8-7-15-5-3-4-6-16(15)9-17/h3-6,11-13,17,19H,7-10H2,1-2H3. The Hall–Kier alpha value is -1.74. The Labute approximate surface area is 126 Å². The van der Waals surface area contributed by atoms with Crippen LogP contribution in [0.3, 0.4) is 0 Å². The van der Waals surface area contributed by atoms with Gasteiger partial charge in [0.05, 0.1) is 0 Å². The molecule has 21 heavy (non-hydrogen) atoms. The van der Waals surface area contributed by atoms with Gasteiger partial charge >= 0.3 is 0 Å². The van der Waals surface area contributed by atoms with E-state index in [9.17, 15) is 0 Å². The highest BCUT2D eigenvalue weighted by Crippen LogP contribution is 2.30. The second kappa shape index (κ2) is 6.35. The van der Waals surface area contributed by atoms with E-state index < -0.39 is 0 Å². The Morgan fingerprint density at radius 2 is 1.86 bits per heavy atom. The summed E-state index contributed by atoms with van der Waals surface area (Å²) < 4.78 is 0. The lowest BCUT2D eigenvalue weighted by Gasteiger charge is -2.23. The fourth-order valence-corrected chi connectivity index (χ4v) is 2.91. The number of hydrogen-bond donors (Lipinski definition) is 1. The number of fused-ring (bicyclic) bond motifs is 1. The maximum atomic E-state index is 4.60. The van der Waals surface area contributed by atoms with Gasteiger partial charge in [-0.3, -0.25) is 0 Å². The molecule has 1 aliphatic carbocycles. The summed E-state index contributed by atoms with van der Waals surface area (Å²) in [7, 11) is 0. The highest BCUT2D eigenvalue weighted by molar-refractivity contribution is 5.31. The second-order valence-electron chi connectivity index (χ2n) is 6.19. The van der Waals surface area contributed by atoms with Crippen molar-refractivity contribution in [2.45, 2.75) is 51.6 Å². The average Bonchev–Trinajstić information content (AvgIpc) is 2.53. The predicted molar refractivity (Wildman–Crippen MR) is 85.2 cm³/mol. The van der Waals surface area contributed by atoms with Crippen LogP contribution in [0.2, 0.25) is 0 Å². The molecule has 0 fully saturated rings. The molecule has 2 aromatic rings. The first-order chi connectivity index (χ1) is 10.2. The average molecular weight is 281 g/mol. The molecule has 1 aromatic carbocycles. The van der Waals surface area contributed by atoms with Gasteiger partial charge in [-0.25, -0.2) is 9.97 Å². The summed E-state index contributed by atoms with van der Waals surface area (Å²) in [6.07, 6.45) is 7.30. The summed E-state index contributed by atoms with van der Waals surface area (Å²) in [5, 5.41) is 3.39. The fourth-order valence-electron chi connectivity index (χ4n) is 2.91. The summed E-state index contributed by atoms with van der Waals surface area (Å²) in [6, 6.07) is 9.23. The Morgan fingerprint density at radius 1 is 1.14 bits per heavy atom. The van der Waals surface area contributed by atoms with Crippen LogP contribution in [0.5, 0.6) is 0 Å². The first-order valence-corrected chi connectivity index (χ1v) is 7.83. The quantitative estimate of drug-likeness (QED) is 0.935. The van der Waals surface area contributed by atoms with E-state index >= 15 is 0 Å². The molecule has 1 N–H and O–H groups in total. The monoisotopic (exact) mass is 281 g/mol. The Kier molecular flexibility index (Phi) is 4.30. The smallest absolute Gasteiger partial charge is 0.131 e. The first-order valence-electron chi connectivity index (χ1n) is 7.83. The topological polar surface area (TPSA) is 37.8 Å². The largest absolute Gasteiger partial charge is 0.310 e. The maximum Gasteiger partial charge on any atom is 0.131 e. The molecular formula is C18H23N3. The van der Waals surface area contributed by atoms with Gasteiger partial charge in [0, 0.05) is 36.5 Å². The molecule has 0 saturated carbocycles. The molecule has 3 heteroatoms. The summed E-state index contributed by atoms with van der Waals surface area (Å²) in [6.45, 7) is 5.13. The number of nitrogens with zero attached hydrogens (tertiary/aromatic N) is 2. The highest BCUT2D eigenvalue weighted by atomic mass is 14.9. The van der Waals surface area contributed by atoms with Gasteiger partial charge in [-0.1, -0.05) is 38.1 Å². The van der Waals surface area contributed by atoms with Crippen LogP contribution in [-0.2, 0) is 19.4 Å². The maximum absolute atomic E-state index is 4.60. The molecule has 0 aliphatic heterocycles. The Bertz CT molecular complexity index is 590. The van der Waals surface area contributed by atoms with Crippen molar-refractivity contribution in [3.63, 3.8) is 0 Å².